The van der Waals surface area contributed by atoms with Crippen molar-refractivity contribution in [2.45, 2.75) is 31.1 Å². The predicted molar refractivity (Wildman–Crippen MR) is 118 cm³/mol. The van der Waals surface area contributed by atoms with Gasteiger partial charge in [-0.2, -0.15) is 4.31 Å². The van der Waals surface area contributed by atoms with Crippen molar-refractivity contribution >= 4 is 42.6 Å². The Morgan fingerprint density at radius 3 is 2.70 bits per heavy atom. The van der Waals surface area contributed by atoms with Gasteiger partial charge in [-0.25, -0.2) is 13.4 Å². The molecule has 7 nitrogen and oxygen atoms in total. The molecule has 0 saturated carbocycles. The summed E-state index contributed by atoms with van der Waals surface area (Å²) in [5.74, 6) is 0.250. The number of nitrogens with one attached hydrogen (secondary N) is 1. The van der Waals surface area contributed by atoms with E-state index in [-0.39, 0.29) is 10.5 Å². The standard InChI is InChI=1S/C21H23N3O4S2/c1-2-28-15-10-11-17-18(14-15)29-21(22-17)23-20(25)16-8-4-5-9-19(16)30(26,27)24-12-6-3-7-13-24/h4-5,8-11,14H,2-3,6-7,12-13H2,1H3,(H,22,23,25). The van der Waals surface area contributed by atoms with Crippen molar-refractivity contribution < 1.29 is 17.9 Å². The van der Waals surface area contributed by atoms with E-state index in [0.29, 0.717) is 24.8 Å². The summed E-state index contributed by atoms with van der Waals surface area (Å²) in [6.07, 6.45) is 2.70. The van der Waals surface area contributed by atoms with E-state index in [1.165, 1.54) is 27.8 Å². The molecule has 0 radical (unpaired) electrons. The Kier molecular flexibility index (Phi) is 6.03. The molecule has 1 amide bonds. The average Bonchev–Trinajstić information content (AvgIpc) is 3.16. The largest absolute Gasteiger partial charge is 0.494 e. The number of carbonyl (C=O) groups excluding carboxylic acids is 1. The number of hydrogen-bond donors (Lipinski definition) is 1. The molecule has 1 aliphatic heterocycles. The van der Waals surface area contributed by atoms with Crippen molar-refractivity contribution in [3.05, 3.63) is 48.0 Å². The molecule has 1 fully saturated rings. The Bertz CT molecular complexity index is 1170. The van der Waals surface area contributed by atoms with Gasteiger partial charge in [0.05, 0.1) is 27.3 Å². The van der Waals surface area contributed by atoms with Crippen molar-refractivity contribution in [3.8, 4) is 5.75 Å². The zero-order valence-electron chi connectivity index (χ0n) is 16.6. The second-order valence-corrected chi connectivity index (χ2v) is 9.93. The number of thiazole rings is 1. The fraction of sp³-hybridized carbons (Fsp3) is 0.333. The lowest BCUT2D eigenvalue weighted by Gasteiger charge is -2.26. The highest BCUT2D eigenvalue weighted by atomic mass is 32.2. The number of nitrogens with zero attached hydrogens (tertiary/aromatic N) is 2. The molecular formula is C21H23N3O4S2. The SMILES string of the molecule is CCOc1ccc2nc(NC(=O)c3ccccc3S(=O)(=O)N3CCCCC3)sc2c1. The van der Waals surface area contributed by atoms with E-state index in [9.17, 15) is 13.2 Å². The minimum atomic E-state index is -3.73. The van der Waals surface area contributed by atoms with Crippen LogP contribution >= 0.6 is 11.3 Å². The first-order valence-corrected chi connectivity index (χ1v) is 12.2. The van der Waals surface area contributed by atoms with Gasteiger partial charge in [0, 0.05) is 13.1 Å². The number of anilines is 1. The van der Waals surface area contributed by atoms with Crippen molar-refractivity contribution in [2.24, 2.45) is 0 Å². The summed E-state index contributed by atoms with van der Waals surface area (Å²) >= 11 is 1.32. The third kappa shape index (κ3) is 4.19. The highest BCUT2D eigenvalue weighted by molar-refractivity contribution is 7.89. The molecule has 3 aromatic rings. The number of carbonyl (C=O) groups is 1. The fourth-order valence-corrected chi connectivity index (χ4v) is 6.10. The smallest absolute Gasteiger partial charge is 0.258 e. The molecule has 2 aromatic carbocycles. The van der Waals surface area contributed by atoms with Crippen LogP contribution in [-0.2, 0) is 10.0 Å². The lowest BCUT2D eigenvalue weighted by molar-refractivity contribution is 0.102. The van der Waals surface area contributed by atoms with E-state index in [2.05, 4.69) is 10.3 Å². The Hall–Kier alpha value is -2.49. The normalized spacial score (nSPS) is 15.2. The zero-order valence-corrected chi connectivity index (χ0v) is 18.3. The van der Waals surface area contributed by atoms with Gasteiger partial charge in [-0.1, -0.05) is 29.9 Å². The Morgan fingerprint density at radius 1 is 1.17 bits per heavy atom. The molecule has 2 heterocycles. The number of aromatic nitrogens is 1. The summed E-state index contributed by atoms with van der Waals surface area (Å²) < 4.78 is 34.1. The fourth-order valence-electron chi connectivity index (χ4n) is 3.50. The van der Waals surface area contributed by atoms with Crippen molar-refractivity contribution in [1.82, 2.24) is 9.29 Å². The molecule has 0 atom stereocenters. The molecule has 1 saturated heterocycles. The van der Waals surface area contributed by atoms with Crippen molar-refractivity contribution in [2.75, 3.05) is 25.0 Å². The maximum atomic E-state index is 13.1. The number of benzene rings is 2. The van der Waals surface area contributed by atoms with Gasteiger partial charge in [-0.15, -0.1) is 0 Å². The van der Waals surface area contributed by atoms with Crippen LogP contribution in [0.5, 0.6) is 5.75 Å². The van der Waals surface area contributed by atoms with Gasteiger partial charge in [-0.05, 0) is 50.1 Å². The van der Waals surface area contributed by atoms with E-state index < -0.39 is 15.9 Å². The van der Waals surface area contributed by atoms with Crippen LogP contribution in [0.25, 0.3) is 10.2 Å². The van der Waals surface area contributed by atoms with Crippen LogP contribution in [0.3, 0.4) is 0 Å². The number of hydrogen-bond acceptors (Lipinski definition) is 6. The van der Waals surface area contributed by atoms with Gasteiger partial charge in [0.1, 0.15) is 5.75 Å². The van der Waals surface area contributed by atoms with E-state index >= 15 is 0 Å². The molecule has 158 valence electrons. The number of sulfonamides is 1. The molecular weight excluding hydrogens is 422 g/mol. The maximum absolute atomic E-state index is 13.1. The molecule has 0 spiro atoms. The first-order chi connectivity index (χ1) is 14.5. The first-order valence-electron chi connectivity index (χ1n) is 9.93. The maximum Gasteiger partial charge on any atom is 0.258 e. The van der Waals surface area contributed by atoms with Crippen LogP contribution in [0.4, 0.5) is 5.13 Å². The van der Waals surface area contributed by atoms with Crippen LogP contribution in [-0.4, -0.2) is 43.3 Å². The number of ether oxygens (including phenoxy) is 1. The minimum Gasteiger partial charge on any atom is -0.494 e. The zero-order chi connectivity index (χ0) is 21.1. The molecule has 0 bridgehead atoms. The van der Waals surface area contributed by atoms with Gasteiger partial charge < -0.3 is 4.74 Å². The first kappa shape index (κ1) is 20.8. The van der Waals surface area contributed by atoms with Crippen LogP contribution in [0.2, 0.25) is 0 Å². The summed E-state index contributed by atoms with van der Waals surface area (Å²) in [6, 6.07) is 11.9. The molecule has 30 heavy (non-hydrogen) atoms. The molecule has 0 aliphatic carbocycles. The third-order valence-electron chi connectivity index (χ3n) is 4.96. The van der Waals surface area contributed by atoms with Crippen LogP contribution in [0.15, 0.2) is 47.4 Å². The molecule has 0 unspecified atom stereocenters. The molecule has 1 N–H and O–H groups in total. The monoisotopic (exact) mass is 445 g/mol. The van der Waals surface area contributed by atoms with Crippen LogP contribution in [0, 0.1) is 0 Å². The van der Waals surface area contributed by atoms with Gasteiger partial charge in [-0.3, -0.25) is 10.1 Å². The predicted octanol–water partition coefficient (Wildman–Crippen LogP) is 4.12. The Balaban J connectivity index is 1.60. The van der Waals surface area contributed by atoms with Gasteiger partial charge >= 0.3 is 0 Å². The highest BCUT2D eigenvalue weighted by Crippen LogP contribution is 2.30. The van der Waals surface area contributed by atoms with Crippen molar-refractivity contribution in [1.29, 1.82) is 0 Å². The Labute approximate surface area is 179 Å². The summed E-state index contributed by atoms with van der Waals surface area (Å²) in [5.41, 5.74) is 0.866. The molecule has 1 aliphatic rings. The van der Waals surface area contributed by atoms with E-state index in [0.717, 1.165) is 35.2 Å². The number of piperidine rings is 1. The number of fused-ring (bicyclic) bond motifs is 1. The number of rotatable bonds is 6. The lowest BCUT2D eigenvalue weighted by atomic mass is 10.2. The van der Waals surface area contributed by atoms with E-state index in [4.69, 9.17) is 4.74 Å². The number of amides is 1. The summed E-state index contributed by atoms with van der Waals surface area (Å²) in [7, 11) is -3.73. The molecule has 4 rings (SSSR count). The average molecular weight is 446 g/mol. The van der Waals surface area contributed by atoms with Gasteiger partial charge in [0.25, 0.3) is 5.91 Å². The topological polar surface area (TPSA) is 88.6 Å². The van der Waals surface area contributed by atoms with E-state index in [1.807, 2.05) is 25.1 Å². The van der Waals surface area contributed by atoms with Crippen molar-refractivity contribution in [3.63, 3.8) is 0 Å². The summed E-state index contributed by atoms with van der Waals surface area (Å²) in [4.78, 5) is 17.4. The van der Waals surface area contributed by atoms with Crippen LogP contribution in [0.1, 0.15) is 36.5 Å². The second-order valence-electron chi connectivity index (χ2n) is 7.00. The second kappa shape index (κ2) is 8.71. The lowest BCUT2D eigenvalue weighted by Crippen LogP contribution is -2.36. The third-order valence-corrected chi connectivity index (χ3v) is 7.85. The van der Waals surface area contributed by atoms with Gasteiger partial charge in [0.2, 0.25) is 10.0 Å². The van der Waals surface area contributed by atoms with E-state index in [1.54, 1.807) is 12.1 Å². The Morgan fingerprint density at radius 2 is 1.93 bits per heavy atom. The van der Waals surface area contributed by atoms with Gasteiger partial charge in [0.15, 0.2) is 5.13 Å². The van der Waals surface area contributed by atoms with Crippen LogP contribution < -0.4 is 10.1 Å². The summed E-state index contributed by atoms with van der Waals surface area (Å²) in [5, 5.41) is 3.17. The quantitative estimate of drug-likeness (QED) is 0.617. The summed E-state index contributed by atoms with van der Waals surface area (Å²) in [6.45, 7) is 3.45. The molecule has 1 aromatic heterocycles. The minimum absolute atomic E-state index is 0.0316. The highest BCUT2D eigenvalue weighted by Gasteiger charge is 2.30. The molecule has 9 heteroatoms.